The van der Waals surface area contributed by atoms with Crippen LogP contribution in [0.15, 0.2) is 30.3 Å². The number of hydrogen-bond acceptors (Lipinski definition) is 3. The summed E-state index contributed by atoms with van der Waals surface area (Å²) in [6.07, 6.45) is -0.387. The molecule has 2 N–H and O–H groups in total. The largest absolute Gasteiger partial charge is 0.385 e. The second-order valence-corrected chi connectivity index (χ2v) is 4.72. The van der Waals surface area contributed by atoms with E-state index in [-0.39, 0.29) is 6.10 Å². The first kappa shape index (κ1) is 13.5. The van der Waals surface area contributed by atoms with Crippen molar-refractivity contribution in [1.29, 1.82) is 0 Å². The van der Waals surface area contributed by atoms with Crippen LogP contribution in [0.1, 0.15) is 5.56 Å². The zero-order valence-electron chi connectivity index (χ0n) is 10.7. The summed E-state index contributed by atoms with van der Waals surface area (Å²) in [5.74, 6) is 0. The number of hydrogen-bond donors (Lipinski definition) is 2. The summed E-state index contributed by atoms with van der Waals surface area (Å²) >= 11 is 0. The number of nitrogens with one attached hydrogen (secondary N) is 1. The van der Waals surface area contributed by atoms with Crippen molar-refractivity contribution in [2.24, 2.45) is 0 Å². The third-order valence-electron chi connectivity index (χ3n) is 3.15. The molecule has 1 aromatic carbocycles. The number of quaternary nitrogens is 1. The van der Waals surface area contributed by atoms with E-state index in [9.17, 15) is 5.11 Å². The lowest BCUT2D eigenvalue weighted by atomic mass is 10.2. The molecule has 1 aliphatic rings. The molecule has 1 aliphatic heterocycles. The molecule has 2 rings (SSSR count). The second-order valence-electron chi connectivity index (χ2n) is 4.72. The fraction of sp³-hybridized carbons (Fsp3) is 0.571. The first-order valence-electron chi connectivity index (χ1n) is 6.55. The van der Waals surface area contributed by atoms with Crippen molar-refractivity contribution < 1.29 is 19.5 Å². The normalized spacial score (nSPS) is 18.7. The Kier molecular flexibility index (Phi) is 5.61. The molecule has 1 fully saturated rings. The van der Waals surface area contributed by atoms with Gasteiger partial charge >= 0.3 is 0 Å². The van der Waals surface area contributed by atoms with Crippen LogP contribution in [0.4, 0.5) is 0 Å². The summed E-state index contributed by atoms with van der Waals surface area (Å²) in [7, 11) is 0. The lowest BCUT2D eigenvalue weighted by Crippen LogP contribution is -3.15. The summed E-state index contributed by atoms with van der Waals surface area (Å²) < 4.78 is 10.8. The fourth-order valence-electron chi connectivity index (χ4n) is 2.14. The van der Waals surface area contributed by atoms with E-state index >= 15 is 0 Å². The molecule has 1 aromatic rings. The first-order chi connectivity index (χ1) is 8.84. The number of aliphatic hydroxyl groups is 1. The van der Waals surface area contributed by atoms with E-state index in [0.29, 0.717) is 13.2 Å². The minimum Gasteiger partial charge on any atom is -0.385 e. The number of benzene rings is 1. The van der Waals surface area contributed by atoms with Crippen LogP contribution in [0.5, 0.6) is 0 Å². The van der Waals surface area contributed by atoms with Gasteiger partial charge in [0.15, 0.2) is 0 Å². The molecular weight excluding hydrogens is 230 g/mol. The van der Waals surface area contributed by atoms with Gasteiger partial charge in [0.05, 0.1) is 26.4 Å². The quantitative estimate of drug-likeness (QED) is 0.716. The van der Waals surface area contributed by atoms with Crippen LogP contribution in [0.25, 0.3) is 0 Å². The molecule has 0 spiro atoms. The molecule has 0 radical (unpaired) electrons. The smallest absolute Gasteiger partial charge is 0.126 e. The van der Waals surface area contributed by atoms with Crippen LogP contribution in [-0.4, -0.2) is 50.7 Å². The molecule has 1 unspecified atom stereocenters. The van der Waals surface area contributed by atoms with Crippen LogP contribution in [0.3, 0.4) is 0 Å². The minimum atomic E-state index is -0.387. The van der Waals surface area contributed by atoms with Gasteiger partial charge in [0, 0.05) is 0 Å². The Morgan fingerprint density at radius 1 is 1.22 bits per heavy atom. The average Bonchev–Trinajstić information content (AvgIpc) is 2.41. The van der Waals surface area contributed by atoms with Crippen molar-refractivity contribution in [3.8, 4) is 0 Å². The zero-order chi connectivity index (χ0) is 12.6. The third kappa shape index (κ3) is 4.74. The average molecular weight is 252 g/mol. The minimum absolute atomic E-state index is 0.387. The van der Waals surface area contributed by atoms with Gasteiger partial charge in [-0.25, -0.2) is 0 Å². The van der Waals surface area contributed by atoms with Crippen molar-refractivity contribution in [3.63, 3.8) is 0 Å². The summed E-state index contributed by atoms with van der Waals surface area (Å²) in [4.78, 5) is 1.40. The molecule has 4 nitrogen and oxygen atoms in total. The fourth-order valence-corrected chi connectivity index (χ4v) is 2.14. The van der Waals surface area contributed by atoms with Gasteiger partial charge in [-0.05, 0) is 5.56 Å². The predicted octanol–water partition coefficient (Wildman–Crippen LogP) is -0.521. The van der Waals surface area contributed by atoms with Gasteiger partial charge in [0.1, 0.15) is 25.7 Å². The molecule has 0 aliphatic carbocycles. The summed E-state index contributed by atoms with van der Waals surface area (Å²) in [5.41, 5.74) is 1.14. The highest BCUT2D eigenvalue weighted by Crippen LogP contribution is 2.00. The highest BCUT2D eigenvalue weighted by molar-refractivity contribution is 5.13. The van der Waals surface area contributed by atoms with E-state index in [1.54, 1.807) is 0 Å². The second kappa shape index (κ2) is 7.48. The topological polar surface area (TPSA) is 43.1 Å². The Hall–Kier alpha value is -0.940. The Bertz CT molecular complexity index is 325. The van der Waals surface area contributed by atoms with Gasteiger partial charge in [0.25, 0.3) is 0 Å². The van der Waals surface area contributed by atoms with Crippen molar-refractivity contribution in [3.05, 3.63) is 35.9 Å². The van der Waals surface area contributed by atoms with Crippen LogP contribution in [0, 0.1) is 0 Å². The van der Waals surface area contributed by atoms with E-state index < -0.39 is 0 Å². The lowest BCUT2D eigenvalue weighted by molar-refractivity contribution is -0.911. The summed E-state index contributed by atoms with van der Waals surface area (Å²) in [5, 5.41) is 9.89. The molecule has 100 valence electrons. The van der Waals surface area contributed by atoms with E-state index in [0.717, 1.165) is 38.4 Å². The van der Waals surface area contributed by atoms with Crippen LogP contribution >= 0.6 is 0 Å². The maximum Gasteiger partial charge on any atom is 0.126 e. The highest BCUT2D eigenvalue weighted by Gasteiger charge is 2.18. The number of ether oxygens (including phenoxy) is 2. The van der Waals surface area contributed by atoms with Gasteiger partial charge < -0.3 is 19.5 Å². The monoisotopic (exact) mass is 252 g/mol. The van der Waals surface area contributed by atoms with E-state index in [1.165, 1.54) is 4.90 Å². The number of aliphatic hydroxyl groups excluding tert-OH is 1. The molecule has 0 bridgehead atoms. The van der Waals surface area contributed by atoms with Crippen molar-refractivity contribution >= 4 is 0 Å². The Morgan fingerprint density at radius 2 is 1.94 bits per heavy atom. The SMILES string of the molecule is OC(COCc1ccccc1)C[NH+]1CCOCC1. The summed E-state index contributed by atoms with van der Waals surface area (Å²) in [6, 6.07) is 10.0. The van der Waals surface area contributed by atoms with Crippen LogP contribution in [-0.2, 0) is 16.1 Å². The standard InChI is InChI=1S/C14H21NO3/c16-14(10-15-6-8-17-9-7-15)12-18-11-13-4-2-1-3-5-13/h1-5,14,16H,6-12H2/p+1. The van der Waals surface area contributed by atoms with Crippen molar-refractivity contribution in [2.75, 3.05) is 39.5 Å². The molecule has 0 saturated carbocycles. The maximum atomic E-state index is 9.89. The van der Waals surface area contributed by atoms with Gasteiger partial charge in [0.2, 0.25) is 0 Å². The molecule has 0 aromatic heterocycles. The number of morpholine rings is 1. The van der Waals surface area contributed by atoms with Gasteiger partial charge in [-0.2, -0.15) is 0 Å². The van der Waals surface area contributed by atoms with Crippen molar-refractivity contribution in [2.45, 2.75) is 12.7 Å². The van der Waals surface area contributed by atoms with E-state index in [1.807, 2.05) is 30.3 Å². The Labute approximate surface area is 108 Å². The van der Waals surface area contributed by atoms with Crippen LogP contribution in [0.2, 0.25) is 0 Å². The molecule has 1 heterocycles. The third-order valence-corrected chi connectivity index (χ3v) is 3.15. The van der Waals surface area contributed by atoms with E-state index in [2.05, 4.69) is 0 Å². The molecule has 4 heteroatoms. The predicted molar refractivity (Wildman–Crippen MR) is 68.5 cm³/mol. The zero-order valence-corrected chi connectivity index (χ0v) is 10.7. The van der Waals surface area contributed by atoms with Crippen molar-refractivity contribution in [1.82, 2.24) is 0 Å². The van der Waals surface area contributed by atoms with Gasteiger partial charge in [-0.3, -0.25) is 0 Å². The Balaban J connectivity index is 1.61. The number of rotatable bonds is 6. The molecule has 18 heavy (non-hydrogen) atoms. The molecule has 1 atom stereocenters. The maximum absolute atomic E-state index is 9.89. The van der Waals surface area contributed by atoms with Gasteiger partial charge in [-0.15, -0.1) is 0 Å². The Morgan fingerprint density at radius 3 is 2.67 bits per heavy atom. The van der Waals surface area contributed by atoms with Crippen LogP contribution < -0.4 is 4.90 Å². The molecule has 1 saturated heterocycles. The first-order valence-corrected chi connectivity index (χ1v) is 6.55. The molecule has 0 amide bonds. The van der Waals surface area contributed by atoms with Gasteiger partial charge in [-0.1, -0.05) is 30.3 Å². The summed E-state index contributed by atoms with van der Waals surface area (Å²) in [6.45, 7) is 5.28. The lowest BCUT2D eigenvalue weighted by Gasteiger charge is -2.25. The highest BCUT2D eigenvalue weighted by atomic mass is 16.5. The van der Waals surface area contributed by atoms with E-state index in [4.69, 9.17) is 9.47 Å². The molecular formula is C14H22NO3+.